The van der Waals surface area contributed by atoms with Crippen molar-refractivity contribution in [2.24, 2.45) is 5.92 Å². The lowest BCUT2D eigenvalue weighted by Gasteiger charge is -2.06. The summed E-state index contributed by atoms with van der Waals surface area (Å²) >= 11 is 0. The van der Waals surface area contributed by atoms with Crippen LogP contribution in [0.3, 0.4) is 0 Å². The number of hydrogen-bond donors (Lipinski definition) is 0. The molecule has 2 unspecified atom stereocenters. The Balaban J connectivity index is 1.24. The van der Waals surface area contributed by atoms with E-state index in [1.807, 2.05) is 42.6 Å². The second-order valence-corrected chi connectivity index (χ2v) is 10.1. The van der Waals surface area contributed by atoms with Gasteiger partial charge in [0.2, 0.25) is 0 Å². The summed E-state index contributed by atoms with van der Waals surface area (Å²) in [6.45, 7) is 0. The molecule has 2 aromatic carbocycles. The van der Waals surface area contributed by atoms with E-state index < -0.39 is 9.84 Å². The van der Waals surface area contributed by atoms with Crippen LogP contribution in [0.4, 0.5) is 0 Å². The smallest absolute Gasteiger partial charge is 0.185 e. The van der Waals surface area contributed by atoms with Gasteiger partial charge < -0.3 is 0 Å². The highest BCUT2D eigenvalue weighted by Gasteiger charge is 2.43. The first-order valence-electron chi connectivity index (χ1n) is 10.4. The fourth-order valence-corrected chi connectivity index (χ4v) is 5.28. The number of rotatable bonds is 7. The summed E-state index contributed by atoms with van der Waals surface area (Å²) in [6, 6.07) is 16.5. The van der Waals surface area contributed by atoms with E-state index in [1.165, 1.54) is 12.4 Å². The number of nitrogens with zero attached hydrogens (tertiary/aromatic N) is 3. The number of aromatic nitrogens is 3. The van der Waals surface area contributed by atoms with E-state index in [2.05, 4.69) is 15.0 Å². The summed E-state index contributed by atoms with van der Waals surface area (Å²) in [7, 11) is -3.52. The molecular weight excluding hydrogens is 422 g/mol. The van der Waals surface area contributed by atoms with Gasteiger partial charge in [0.15, 0.2) is 9.84 Å². The first kappa shape index (κ1) is 20.5. The van der Waals surface area contributed by atoms with Gasteiger partial charge in [-0.1, -0.05) is 30.3 Å². The van der Waals surface area contributed by atoms with Crippen LogP contribution in [0.2, 0.25) is 0 Å². The highest BCUT2D eigenvalue weighted by Crippen LogP contribution is 2.48. The highest BCUT2D eigenvalue weighted by atomic mass is 32.2. The average Bonchev–Trinajstić information content (AvgIpc) is 3.61. The molecule has 7 heteroatoms. The second-order valence-electron chi connectivity index (χ2n) is 8.14. The predicted octanol–water partition coefficient (Wildman–Crippen LogP) is 3.91. The minimum Gasteiger partial charge on any atom is -0.299 e. The molecule has 0 spiro atoms. The Kier molecular flexibility index (Phi) is 5.27. The van der Waals surface area contributed by atoms with Crippen LogP contribution in [0.1, 0.15) is 29.3 Å². The average molecular weight is 444 g/mol. The van der Waals surface area contributed by atoms with Crippen molar-refractivity contribution in [2.75, 3.05) is 0 Å². The van der Waals surface area contributed by atoms with Crippen molar-refractivity contribution in [3.8, 4) is 0 Å². The molecule has 0 amide bonds. The standard InChI is InChI=1S/C25H21N3O3S/c29-24(13-17-2-3-20-15-26-11-8-19(20)12-17)23-14-22(23)18-4-6-21(7-5-18)32(30,31)16-25-27-9-1-10-28-25/h1-12,15,22-23H,13-14,16H2. The van der Waals surface area contributed by atoms with E-state index in [1.54, 1.807) is 24.4 Å². The molecule has 160 valence electrons. The third-order valence-electron chi connectivity index (χ3n) is 5.89. The van der Waals surface area contributed by atoms with Crippen LogP contribution >= 0.6 is 0 Å². The highest BCUT2D eigenvalue weighted by molar-refractivity contribution is 7.90. The zero-order chi connectivity index (χ0) is 22.1. The Labute approximate surface area is 186 Å². The number of carbonyl (C=O) groups is 1. The Morgan fingerprint density at radius 1 is 0.938 bits per heavy atom. The van der Waals surface area contributed by atoms with Crippen LogP contribution < -0.4 is 0 Å². The van der Waals surface area contributed by atoms with Crippen molar-refractivity contribution in [1.29, 1.82) is 0 Å². The van der Waals surface area contributed by atoms with Gasteiger partial charge in [-0.05, 0) is 53.1 Å². The van der Waals surface area contributed by atoms with Crippen LogP contribution in [-0.2, 0) is 26.8 Å². The van der Waals surface area contributed by atoms with E-state index in [-0.39, 0.29) is 34.1 Å². The van der Waals surface area contributed by atoms with Gasteiger partial charge in [0.05, 0.1) is 4.90 Å². The number of carbonyl (C=O) groups excluding carboxylic acids is 1. The summed E-state index contributed by atoms with van der Waals surface area (Å²) in [4.78, 5) is 25.1. The van der Waals surface area contributed by atoms with Crippen molar-refractivity contribution in [3.05, 3.63) is 96.3 Å². The molecular formula is C25H21N3O3S. The normalized spacial score (nSPS) is 17.9. The molecule has 0 aliphatic heterocycles. The second kappa shape index (κ2) is 8.24. The number of sulfone groups is 1. The maximum atomic E-state index is 12.8. The molecule has 0 saturated heterocycles. The Morgan fingerprint density at radius 3 is 2.50 bits per heavy atom. The van der Waals surface area contributed by atoms with Crippen LogP contribution in [0, 0.1) is 5.92 Å². The molecule has 4 aromatic rings. The van der Waals surface area contributed by atoms with E-state index in [9.17, 15) is 13.2 Å². The van der Waals surface area contributed by atoms with Gasteiger partial charge in [-0.2, -0.15) is 0 Å². The van der Waals surface area contributed by atoms with E-state index in [0.717, 1.165) is 28.3 Å². The SMILES string of the molecule is O=C(Cc1ccc2cnccc2c1)C1CC1c1ccc(S(=O)(=O)Cc2ncccn2)cc1. The van der Waals surface area contributed by atoms with Crippen LogP contribution in [0.5, 0.6) is 0 Å². The molecule has 0 N–H and O–H groups in total. The summed E-state index contributed by atoms with van der Waals surface area (Å²) in [5.41, 5.74) is 2.01. The topological polar surface area (TPSA) is 89.9 Å². The monoisotopic (exact) mass is 443 g/mol. The quantitative estimate of drug-likeness (QED) is 0.430. The van der Waals surface area contributed by atoms with E-state index in [4.69, 9.17) is 0 Å². The number of Topliss-reactive ketones (excluding diaryl/α,β-unsaturated/α-hetero) is 1. The third kappa shape index (κ3) is 4.29. The summed E-state index contributed by atoms with van der Waals surface area (Å²) in [6.07, 6.45) is 7.83. The van der Waals surface area contributed by atoms with Gasteiger partial charge in [0.1, 0.15) is 17.4 Å². The lowest BCUT2D eigenvalue weighted by Crippen LogP contribution is -2.08. The maximum Gasteiger partial charge on any atom is 0.185 e. The number of hydrogen-bond acceptors (Lipinski definition) is 6. The van der Waals surface area contributed by atoms with Crippen molar-refractivity contribution >= 4 is 26.4 Å². The third-order valence-corrected chi connectivity index (χ3v) is 7.52. The molecule has 32 heavy (non-hydrogen) atoms. The van der Waals surface area contributed by atoms with Gasteiger partial charge >= 0.3 is 0 Å². The van der Waals surface area contributed by atoms with Gasteiger partial charge in [-0.3, -0.25) is 9.78 Å². The maximum absolute atomic E-state index is 12.8. The lowest BCUT2D eigenvalue weighted by molar-refractivity contribution is -0.119. The van der Waals surface area contributed by atoms with Crippen molar-refractivity contribution < 1.29 is 13.2 Å². The fraction of sp³-hybridized carbons (Fsp3) is 0.200. The first-order chi connectivity index (χ1) is 15.5. The zero-order valence-electron chi connectivity index (χ0n) is 17.3. The van der Waals surface area contributed by atoms with Crippen LogP contribution in [0.25, 0.3) is 10.8 Å². The van der Waals surface area contributed by atoms with E-state index >= 15 is 0 Å². The molecule has 2 aromatic heterocycles. The summed E-state index contributed by atoms with van der Waals surface area (Å²) in [5, 5.41) is 2.14. The van der Waals surface area contributed by atoms with Gasteiger partial charge in [-0.15, -0.1) is 0 Å². The van der Waals surface area contributed by atoms with Crippen LogP contribution in [0.15, 0.2) is 84.3 Å². The minimum absolute atomic E-state index is 0.0108. The molecule has 2 atom stereocenters. The molecule has 1 aliphatic carbocycles. The summed E-state index contributed by atoms with van der Waals surface area (Å²) in [5.74, 6) is 0.403. The minimum atomic E-state index is -3.52. The Morgan fingerprint density at radius 2 is 1.72 bits per heavy atom. The van der Waals surface area contributed by atoms with Crippen molar-refractivity contribution in [3.63, 3.8) is 0 Å². The fourth-order valence-electron chi connectivity index (χ4n) is 4.07. The number of benzene rings is 2. The largest absolute Gasteiger partial charge is 0.299 e. The molecule has 0 bridgehead atoms. The zero-order valence-corrected chi connectivity index (χ0v) is 18.1. The Hall–Kier alpha value is -3.45. The van der Waals surface area contributed by atoms with Gasteiger partial charge in [-0.25, -0.2) is 18.4 Å². The van der Waals surface area contributed by atoms with Crippen LogP contribution in [-0.4, -0.2) is 29.2 Å². The van der Waals surface area contributed by atoms with Crippen molar-refractivity contribution in [2.45, 2.75) is 29.4 Å². The number of pyridine rings is 1. The molecule has 1 fully saturated rings. The molecule has 5 rings (SSSR count). The molecule has 0 radical (unpaired) electrons. The molecule has 1 aliphatic rings. The van der Waals surface area contributed by atoms with E-state index in [0.29, 0.717) is 6.42 Å². The number of fused-ring (bicyclic) bond motifs is 1. The predicted molar refractivity (Wildman–Crippen MR) is 121 cm³/mol. The number of ketones is 1. The van der Waals surface area contributed by atoms with Gasteiger partial charge in [0, 0.05) is 42.5 Å². The molecule has 2 heterocycles. The van der Waals surface area contributed by atoms with Crippen molar-refractivity contribution in [1.82, 2.24) is 15.0 Å². The Bertz CT molecular complexity index is 1390. The molecule has 6 nitrogen and oxygen atoms in total. The summed E-state index contributed by atoms with van der Waals surface area (Å²) < 4.78 is 25.3. The first-order valence-corrected chi connectivity index (χ1v) is 12.1. The molecule has 1 saturated carbocycles. The van der Waals surface area contributed by atoms with Gasteiger partial charge in [0.25, 0.3) is 0 Å². The lowest BCUT2D eigenvalue weighted by atomic mass is 10.0.